The summed E-state index contributed by atoms with van der Waals surface area (Å²) in [5, 5.41) is 19.0. The number of aromatic amines is 1. The molecule has 0 saturated heterocycles. The molecule has 4 aromatic rings. The first kappa shape index (κ1) is 21.8. The standard InChI is InChI=1S/C24H20N8O3/c1-31-18-12-5-6-13-19(18)32(17-10-3-2-4-11-17)23(34)20(22(31)33)26-24(35)25-16-9-7-8-15(14-16)21-27-29-30-28-21/h2-14,20H,1H3,(H2,25,26,35)(H,27,28,29,30). The molecule has 35 heavy (non-hydrogen) atoms. The molecule has 1 aliphatic heterocycles. The number of urea groups is 1. The van der Waals surface area contributed by atoms with Crippen LogP contribution in [0.25, 0.3) is 11.4 Å². The zero-order valence-corrected chi connectivity index (χ0v) is 18.5. The van der Waals surface area contributed by atoms with Gasteiger partial charge >= 0.3 is 6.03 Å². The Morgan fingerprint density at radius 2 is 1.66 bits per heavy atom. The van der Waals surface area contributed by atoms with Crippen molar-refractivity contribution in [2.24, 2.45) is 0 Å². The number of hydrogen-bond acceptors (Lipinski definition) is 6. The molecular weight excluding hydrogens is 448 g/mol. The summed E-state index contributed by atoms with van der Waals surface area (Å²) in [6.45, 7) is 0. The second-order valence-corrected chi connectivity index (χ2v) is 7.74. The number of anilines is 4. The predicted octanol–water partition coefficient (Wildman–Crippen LogP) is 2.70. The van der Waals surface area contributed by atoms with Crippen molar-refractivity contribution in [1.29, 1.82) is 0 Å². The van der Waals surface area contributed by atoms with E-state index in [9.17, 15) is 14.4 Å². The van der Waals surface area contributed by atoms with Crippen LogP contribution < -0.4 is 20.4 Å². The van der Waals surface area contributed by atoms with Crippen LogP contribution in [0, 0.1) is 0 Å². The fourth-order valence-corrected chi connectivity index (χ4v) is 3.89. The number of H-pyrrole nitrogens is 1. The number of nitrogens with zero attached hydrogens (tertiary/aromatic N) is 5. The third-order valence-corrected chi connectivity index (χ3v) is 5.54. The number of nitrogens with one attached hydrogen (secondary N) is 3. The molecule has 0 fully saturated rings. The Bertz CT molecular complexity index is 1390. The molecule has 11 nitrogen and oxygen atoms in total. The van der Waals surface area contributed by atoms with Crippen LogP contribution in [0.15, 0.2) is 78.9 Å². The molecule has 174 valence electrons. The molecule has 3 N–H and O–H groups in total. The lowest BCUT2D eigenvalue weighted by atomic mass is 10.2. The molecule has 4 amide bonds. The second-order valence-electron chi connectivity index (χ2n) is 7.74. The minimum Gasteiger partial charge on any atom is -0.318 e. The van der Waals surface area contributed by atoms with E-state index in [0.717, 1.165) is 0 Å². The van der Waals surface area contributed by atoms with Crippen molar-refractivity contribution in [2.75, 3.05) is 22.2 Å². The molecule has 0 bridgehead atoms. The summed E-state index contributed by atoms with van der Waals surface area (Å²) in [6, 6.07) is 20.7. The van der Waals surface area contributed by atoms with E-state index in [1.54, 1.807) is 79.8 Å². The third-order valence-electron chi connectivity index (χ3n) is 5.54. The van der Waals surface area contributed by atoms with Gasteiger partial charge in [0.15, 0.2) is 6.04 Å². The summed E-state index contributed by atoms with van der Waals surface area (Å²) in [4.78, 5) is 42.7. The highest BCUT2D eigenvalue weighted by atomic mass is 16.2. The van der Waals surface area contributed by atoms with Gasteiger partial charge in [0.25, 0.3) is 11.8 Å². The Balaban J connectivity index is 1.44. The quantitative estimate of drug-likeness (QED) is 0.394. The maximum absolute atomic E-state index is 13.7. The van der Waals surface area contributed by atoms with E-state index < -0.39 is 23.9 Å². The number of hydrogen-bond donors (Lipinski definition) is 3. The Labute approximate surface area is 199 Å². The SMILES string of the molecule is CN1C(=O)C(NC(=O)Nc2cccc(-c3nn[nH]n3)c2)C(=O)N(c2ccccc2)c2ccccc21. The van der Waals surface area contributed by atoms with Crippen LogP contribution in [0.4, 0.5) is 27.5 Å². The minimum absolute atomic E-state index is 0.362. The summed E-state index contributed by atoms with van der Waals surface area (Å²) in [5.41, 5.74) is 2.72. The Morgan fingerprint density at radius 1 is 0.914 bits per heavy atom. The van der Waals surface area contributed by atoms with E-state index in [4.69, 9.17) is 0 Å². The molecular formula is C24H20N8O3. The lowest BCUT2D eigenvalue weighted by Crippen LogP contribution is -2.55. The summed E-state index contributed by atoms with van der Waals surface area (Å²) in [7, 11) is 1.57. The largest absolute Gasteiger partial charge is 0.320 e. The predicted molar refractivity (Wildman–Crippen MR) is 129 cm³/mol. The number of tetrazole rings is 1. The maximum Gasteiger partial charge on any atom is 0.320 e. The number of rotatable bonds is 4. The fraction of sp³-hybridized carbons (Fsp3) is 0.0833. The molecule has 1 aliphatic rings. The molecule has 1 atom stereocenters. The van der Waals surface area contributed by atoms with Gasteiger partial charge < -0.3 is 15.5 Å². The number of carbonyl (C=O) groups excluding carboxylic acids is 3. The molecule has 11 heteroatoms. The van der Waals surface area contributed by atoms with Crippen molar-refractivity contribution in [3.05, 3.63) is 78.9 Å². The van der Waals surface area contributed by atoms with Gasteiger partial charge in [0.1, 0.15) is 0 Å². The van der Waals surface area contributed by atoms with Crippen LogP contribution >= 0.6 is 0 Å². The van der Waals surface area contributed by atoms with Gasteiger partial charge in [-0.25, -0.2) is 4.79 Å². The maximum atomic E-state index is 13.7. The van der Waals surface area contributed by atoms with Crippen LogP contribution in [0.5, 0.6) is 0 Å². The number of fused-ring (bicyclic) bond motifs is 1. The van der Waals surface area contributed by atoms with Crippen LogP contribution in [0.2, 0.25) is 0 Å². The van der Waals surface area contributed by atoms with E-state index in [0.29, 0.717) is 34.1 Å². The Morgan fingerprint density at radius 3 is 2.40 bits per heavy atom. The third kappa shape index (κ3) is 4.17. The molecule has 5 rings (SSSR count). The summed E-state index contributed by atoms with van der Waals surface area (Å²) >= 11 is 0. The monoisotopic (exact) mass is 468 g/mol. The first-order chi connectivity index (χ1) is 17.0. The highest BCUT2D eigenvalue weighted by molar-refractivity contribution is 6.23. The van der Waals surface area contributed by atoms with Crippen molar-refractivity contribution < 1.29 is 14.4 Å². The van der Waals surface area contributed by atoms with E-state index in [1.165, 1.54) is 9.80 Å². The average Bonchev–Trinajstić information content (AvgIpc) is 3.41. The molecule has 3 aromatic carbocycles. The zero-order chi connectivity index (χ0) is 24.4. The van der Waals surface area contributed by atoms with Gasteiger partial charge in [-0.2, -0.15) is 5.21 Å². The summed E-state index contributed by atoms with van der Waals surface area (Å²) in [5.74, 6) is -0.772. The normalized spacial score (nSPS) is 15.4. The number of aromatic nitrogens is 4. The second kappa shape index (κ2) is 9.06. The number of amides is 4. The first-order valence-corrected chi connectivity index (χ1v) is 10.7. The highest BCUT2D eigenvalue weighted by Crippen LogP contribution is 2.37. The van der Waals surface area contributed by atoms with Gasteiger partial charge in [0, 0.05) is 24.0 Å². The van der Waals surface area contributed by atoms with Crippen LogP contribution in [-0.2, 0) is 9.59 Å². The van der Waals surface area contributed by atoms with Crippen molar-refractivity contribution in [3.8, 4) is 11.4 Å². The number of para-hydroxylation sites is 3. The number of benzene rings is 3. The van der Waals surface area contributed by atoms with Crippen LogP contribution in [-0.4, -0.2) is 51.6 Å². The smallest absolute Gasteiger partial charge is 0.318 e. The van der Waals surface area contributed by atoms with Crippen molar-refractivity contribution in [3.63, 3.8) is 0 Å². The average molecular weight is 468 g/mol. The van der Waals surface area contributed by atoms with Gasteiger partial charge in [-0.1, -0.05) is 42.5 Å². The topological polar surface area (TPSA) is 136 Å². The summed E-state index contributed by atoms with van der Waals surface area (Å²) < 4.78 is 0. The molecule has 0 spiro atoms. The molecule has 2 heterocycles. The first-order valence-electron chi connectivity index (χ1n) is 10.7. The van der Waals surface area contributed by atoms with Gasteiger partial charge in [-0.05, 0) is 41.6 Å². The van der Waals surface area contributed by atoms with E-state index in [2.05, 4.69) is 31.3 Å². The van der Waals surface area contributed by atoms with Gasteiger partial charge in [-0.15, -0.1) is 10.2 Å². The van der Waals surface area contributed by atoms with Crippen molar-refractivity contribution in [2.45, 2.75) is 6.04 Å². The Kier molecular flexibility index (Phi) is 5.63. The number of likely N-dealkylation sites (N-methyl/N-ethyl adjacent to an activating group) is 1. The summed E-state index contributed by atoms with van der Waals surface area (Å²) in [6.07, 6.45) is 0. The van der Waals surface area contributed by atoms with Gasteiger partial charge in [-0.3, -0.25) is 14.5 Å². The van der Waals surface area contributed by atoms with Gasteiger partial charge in [0.2, 0.25) is 5.82 Å². The fourth-order valence-electron chi connectivity index (χ4n) is 3.89. The van der Waals surface area contributed by atoms with Crippen molar-refractivity contribution in [1.82, 2.24) is 25.9 Å². The number of carbonyl (C=O) groups is 3. The molecule has 0 saturated carbocycles. The lowest BCUT2D eigenvalue weighted by molar-refractivity contribution is -0.128. The Hall–Kier alpha value is -5.06. The highest BCUT2D eigenvalue weighted by Gasteiger charge is 2.40. The molecule has 1 unspecified atom stereocenters. The lowest BCUT2D eigenvalue weighted by Gasteiger charge is -2.25. The van der Waals surface area contributed by atoms with E-state index in [-0.39, 0.29) is 0 Å². The van der Waals surface area contributed by atoms with E-state index >= 15 is 0 Å². The minimum atomic E-state index is -1.45. The van der Waals surface area contributed by atoms with Crippen LogP contribution in [0.1, 0.15) is 0 Å². The van der Waals surface area contributed by atoms with Gasteiger partial charge in [0.05, 0.1) is 11.4 Å². The zero-order valence-electron chi connectivity index (χ0n) is 18.5. The molecule has 0 radical (unpaired) electrons. The van der Waals surface area contributed by atoms with Crippen LogP contribution in [0.3, 0.4) is 0 Å². The molecule has 0 aliphatic carbocycles. The molecule has 1 aromatic heterocycles. The van der Waals surface area contributed by atoms with Crippen molar-refractivity contribution >= 4 is 40.6 Å². The van der Waals surface area contributed by atoms with E-state index in [1.807, 2.05) is 6.07 Å².